The maximum absolute atomic E-state index is 6.40. The van der Waals surface area contributed by atoms with Crippen LogP contribution in [0.3, 0.4) is 0 Å². The highest BCUT2D eigenvalue weighted by Crippen LogP contribution is 2.28. The number of benzene rings is 1. The van der Waals surface area contributed by atoms with Crippen LogP contribution in [0.1, 0.15) is 57.9 Å². The second-order valence-electron chi connectivity index (χ2n) is 6.35. The number of hydrogen-bond donors (Lipinski definition) is 0. The smallest absolute Gasteiger partial charge is 0.138 e. The van der Waals surface area contributed by atoms with Crippen molar-refractivity contribution in [3.63, 3.8) is 0 Å². The van der Waals surface area contributed by atoms with Gasteiger partial charge in [-0.25, -0.2) is 0 Å². The van der Waals surface area contributed by atoms with Crippen molar-refractivity contribution in [1.82, 2.24) is 4.90 Å². The molecule has 0 saturated carbocycles. The van der Waals surface area contributed by atoms with Crippen LogP contribution in [-0.2, 0) is 6.42 Å². The lowest BCUT2D eigenvalue weighted by molar-refractivity contribution is 0.186. The molecular weight excluding hydrogens is 294 g/mol. The summed E-state index contributed by atoms with van der Waals surface area (Å²) >= 11 is 6.40. The third-order valence-electron chi connectivity index (χ3n) is 4.49. The number of ether oxygens (including phenoxy) is 1. The maximum atomic E-state index is 6.40. The number of aryl methyl sites for hydroxylation is 1. The fourth-order valence-electron chi connectivity index (χ4n) is 3.16. The molecule has 0 amide bonds. The Hall–Kier alpha value is -0.730. The van der Waals surface area contributed by atoms with Crippen LogP contribution in [0.5, 0.6) is 5.75 Å². The number of halogens is 1. The predicted molar refractivity (Wildman–Crippen MR) is 95.1 cm³/mol. The summed E-state index contributed by atoms with van der Waals surface area (Å²) in [6.45, 7) is 8.13. The van der Waals surface area contributed by atoms with E-state index in [1.807, 2.05) is 6.07 Å². The summed E-state index contributed by atoms with van der Waals surface area (Å²) in [6.07, 6.45) is 8.59. The van der Waals surface area contributed by atoms with Crippen LogP contribution in [-0.4, -0.2) is 30.6 Å². The standard InChI is InChI=1S/C19H30ClNO/c1-3-8-17(4-2)22-19-11-10-16(15-18(19)20)9-7-14-21-12-5-6-13-21/h10-11,15,17H,3-9,12-14H2,1-2H3. The maximum Gasteiger partial charge on any atom is 0.138 e. The normalized spacial score (nSPS) is 16.9. The van der Waals surface area contributed by atoms with E-state index in [0.29, 0.717) is 0 Å². The number of rotatable bonds is 9. The lowest BCUT2D eigenvalue weighted by atomic mass is 10.1. The molecule has 1 heterocycles. The molecule has 1 fully saturated rings. The highest BCUT2D eigenvalue weighted by atomic mass is 35.5. The molecule has 1 aromatic rings. The van der Waals surface area contributed by atoms with E-state index in [1.165, 1.54) is 44.5 Å². The van der Waals surface area contributed by atoms with E-state index >= 15 is 0 Å². The fraction of sp³-hybridized carbons (Fsp3) is 0.684. The van der Waals surface area contributed by atoms with Gasteiger partial charge in [0.05, 0.1) is 11.1 Å². The zero-order valence-electron chi connectivity index (χ0n) is 14.1. The van der Waals surface area contributed by atoms with E-state index < -0.39 is 0 Å². The third kappa shape index (κ3) is 5.48. The van der Waals surface area contributed by atoms with Gasteiger partial charge in [0.2, 0.25) is 0 Å². The molecule has 1 aromatic carbocycles. The molecule has 0 aromatic heterocycles. The van der Waals surface area contributed by atoms with Crippen molar-refractivity contribution < 1.29 is 4.74 Å². The van der Waals surface area contributed by atoms with Crippen LogP contribution >= 0.6 is 11.6 Å². The molecule has 1 aliphatic rings. The van der Waals surface area contributed by atoms with Gasteiger partial charge in [-0.3, -0.25) is 0 Å². The quantitative estimate of drug-likeness (QED) is 0.609. The molecule has 1 aliphatic heterocycles. The summed E-state index contributed by atoms with van der Waals surface area (Å²) in [5.74, 6) is 0.838. The first kappa shape index (κ1) is 17.6. The number of nitrogens with zero attached hydrogens (tertiary/aromatic N) is 1. The Morgan fingerprint density at radius 1 is 1.23 bits per heavy atom. The Kier molecular flexibility index (Phi) is 7.54. The van der Waals surface area contributed by atoms with Crippen molar-refractivity contribution in [2.45, 2.75) is 64.9 Å². The Labute approximate surface area is 140 Å². The molecule has 2 rings (SSSR count). The second kappa shape index (κ2) is 9.42. The van der Waals surface area contributed by atoms with Crippen LogP contribution in [0.15, 0.2) is 18.2 Å². The first-order valence-electron chi connectivity index (χ1n) is 8.90. The molecule has 2 nitrogen and oxygen atoms in total. The van der Waals surface area contributed by atoms with Crippen molar-refractivity contribution in [1.29, 1.82) is 0 Å². The van der Waals surface area contributed by atoms with Gasteiger partial charge in [-0.1, -0.05) is 37.9 Å². The Morgan fingerprint density at radius 3 is 2.64 bits per heavy atom. The van der Waals surface area contributed by atoms with Crippen molar-refractivity contribution in [2.75, 3.05) is 19.6 Å². The van der Waals surface area contributed by atoms with Crippen molar-refractivity contribution in [3.05, 3.63) is 28.8 Å². The molecule has 1 saturated heterocycles. The van der Waals surface area contributed by atoms with Gasteiger partial charge in [0.1, 0.15) is 5.75 Å². The Morgan fingerprint density at radius 2 is 2.00 bits per heavy atom. The van der Waals surface area contributed by atoms with Gasteiger partial charge >= 0.3 is 0 Å². The largest absolute Gasteiger partial charge is 0.489 e. The van der Waals surface area contributed by atoms with Crippen LogP contribution in [0.4, 0.5) is 0 Å². The summed E-state index contributed by atoms with van der Waals surface area (Å²) in [7, 11) is 0. The lowest BCUT2D eigenvalue weighted by Gasteiger charge is -2.18. The van der Waals surface area contributed by atoms with E-state index in [2.05, 4.69) is 30.9 Å². The molecular formula is C19H30ClNO. The number of likely N-dealkylation sites (tertiary alicyclic amines) is 1. The molecule has 0 N–H and O–H groups in total. The minimum atomic E-state index is 0.281. The molecule has 124 valence electrons. The SMILES string of the molecule is CCCC(CC)Oc1ccc(CCCN2CCCC2)cc1Cl. The van der Waals surface area contributed by atoms with Crippen LogP contribution < -0.4 is 4.74 Å². The zero-order valence-corrected chi connectivity index (χ0v) is 14.9. The van der Waals surface area contributed by atoms with Gasteiger partial charge in [-0.05, 0) is 75.9 Å². The highest BCUT2D eigenvalue weighted by molar-refractivity contribution is 6.32. The van der Waals surface area contributed by atoms with E-state index in [1.54, 1.807) is 0 Å². The highest BCUT2D eigenvalue weighted by Gasteiger charge is 2.12. The minimum absolute atomic E-state index is 0.281. The van der Waals surface area contributed by atoms with Crippen LogP contribution in [0.25, 0.3) is 0 Å². The average molecular weight is 324 g/mol. The van der Waals surface area contributed by atoms with E-state index in [9.17, 15) is 0 Å². The van der Waals surface area contributed by atoms with Gasteiger partial charge < -0.3 is 9.64 Å². The van der Waals surface area contributed by atoms with E-state index in [-0.39, 0.29) is 6.10 Å². The first-order valence-corrected chi connectivity index (χ1v) is 9.28. The fourth-order valence-corrected chi connectivity index (χ4v) is 3.40. The van der Waals surface area contributed by atoms with Crippen molar-refractivity contribution in [2.24, 2.45) is 0 Å². The summed E-state index contributed by atoms with van der Waals surface area (Å²) in [5.41, 5.74) is 1.32. The molecule has 0 spiro atoms. The third-order valence-corrected chi connectivity index (χ3v) is 4.79. The summed E-state index contributed by atoms with van der Waals surface area (Å²) in [4.78, 5) is 2.57. The van der Waals surface area contributed by atoms with Gasteiger partial charge in [-0.15, -0.1) is 0 Å². The lowest BCUT2D eigenvalue weighted by Crippen LogP contribution is -2.20. The van der Waals surface area contributed by atoms with Crippen molar-refractivity contribution >= 4 is 11.6 Å². The average Bonchev–Trinajstić information content (AvgIpc) is 3.02. The summed E-state index contributed by atoms with van der Waals surface area (Å²) in [5, 5.41) is 0.758. The molecule has 0 bridgehead atoms. The van der Waals surface area contributed by atoms with E-state index in [4.69, 9.17) is 16.3 Å². The molecule has 0 radical (unpaired) electrons. The van der Waals surface area contributed by atoms with Gasteiger partial charge in [0.15, 0.2) is 0 Å². The summed E-state index contributed by atoms with van der Waals surface area (Å²) in [6, 6.07) is 6.30. The zero-order chi connectivity index (χ0) is 15.8. The van der Waals surface area contributed by atoms with Crippen molar-refractivity contribution in [3.8, 4) is 5.75 Å². The second-order valence-corrected chi connectivity index (χ2v) is 6.76. The van der Waals surface area contributed by atoms with Gasteiger partial charge in [0, 0.05) is 0 Å². The van der Waals surface area contributed by atoms with Crippen LogP contribution in [0, 0.1) is 0 Å². The Balaban J connectivity index is 1.82. The van der Waals surface area contributed by atoms with Crippen LogP contribution in [0.2, 0.25) is 5.02 Å². The first-order chi connectivity index (χ1) is 10.7. The molecule has 3 heteroatoms. The predicted octanol–water partition coefficient (Wildman–Crippen LogP) is 5.33. The molecule has 1 unspecified atom stereocenters. The molecule has 0 aliphatic carbocycles. The topological polar surface area (TPSA) is 12.5 Å². The minimum Gasteiger partial charge on any atom is -0.489 e. The summed E-state index contributed by atoms with van der Waals surface area (Å²) < 4.78 is 6.04. The molecule has 1 atom stereocenters. The van der Waals surface area contributed by atoms with Gasteiger partial charge in [-0.2, -0.15) is 0 Å². The monoisotopic (exact) mass is 323 g/mol. The molecule has 22 heavy (non-hydrogen) atoms. The van der Waals surface area contributed by atoms with Gasteiger partial charge in [0.25, 0.3) is 0 Å². The Bertz CT molecular complexity index is 443. The number of hydrogen-bond acceptors (Lipinski definition) is 2. The van der Waals surface area contributed by atoms with E-state index in [0.717, 1.165) is 36.5 Å².